The van der Waals surface area contributed by atoms with Gasteiger partial charge in [-0.25, -0.2) is 0 Å². The summed E-state index contributed by atoms with van der Waals surface area (Å²) in [7, 11) is 0. The molecule has 0 aromatic rings. The first kappa shape index (κ1) is 13.0. The molecule has 1 rings (SSSR count). The Bertz CT molecular complexity index is 253. The molecular formula is C12H21NO3. The lowest BCUT2D eigenvalue weighted by atomic mass is 9.95. The number of rotatable bonds is 6. The number of nitrogens with one attached hydrogen (secondary N) is 1. The van der Waals surface area contributed by atoms with Crippen molar-refractivity contribution in [2.45, 2.75) is 45.4 Å². The van der Waals surface area contributed by atoms with Gasteiger partial charge < -0.3 is 10.4 Å². The molecule has 0 aromatic carbocycles. The lowest BCUT2D eigenvalue weighted by Gasteiger charge is -2.15. The predicted molar refractivity (Wildman–Crippen MR) is 61.0 cm³/mol. The Balaban J connectivity index is 2.32. The SMILES string of the molecule is CCCCCNC(=O)C1CCCC1C(=O)O. The molecule has 16 heavy (non-hydrogen) atoms. The molecule has 0 spiro atoms. The Morgan fingerprint density at radius 1 is 1.25 bits per heavy atom. The Hall–Kier alpha value is -1.06. The van der Waals surface area contributed by atoms with E-state index >= 15 is 0 Å². The highest BCUT2D eigenvalue weighted by Gasteiger charge is 2.37. The Labute approximate surface area is 96.4 Å². The van der Waals surface area contributed by atoms with Crippen LogP contribution in [0, 0.1) is 11.8 Å². The molecule has 0 aromatic heterocycles. The predicted octanol–water partition coefficient (Wildman–Crippen LogP) is 1.79. The van der Waals surface area contributed by atoms with Crippen molar-refractivity contribution in [3.8, 4) is 0 Å². The molecule has 1 aliphatic rings. The summed E-state index contributed by atoms with van der Waals surface area (Å²) in [5.41, 5.74) is 0. The van der Waals surface area contributed by atoms with Gasteiger partial charge in [0.15, 0.2) is 0 Å². The van der Waals surface area contributed by atoms with Crippen molar-refractivity contribution in [2.75, 3.05) is 6.54 Å². The second-order valence-electron chi connectivity index (χ2n) is 4.48. The summed E-state index contributed by atoms with van der Waals surface area (Å²) in [5.74, 6) is -1.67. The summed E-state index contributed by atoms with van der Waals surface area (Å²) in [6.07, 6.45) is 5.42. The number of carbonyl (C=O) groups is 2. The summed E-state index contributed by atoms with van der Waals surface area (Å²) in [4.78, 5) is 22.7. The third kappa shape index (κ3) is 3.51. The second kappa shape index (κ2) is 6.51. The number of hydrogen-bond donors (Lipinski definition) is 2. The highest BCUT2D eigenvalue weighted by atomic mass is 16.4. The average molecular weight is 227 g/mol. The number of unbranched alkanes of at least 4 members (excludes halogenated alkanes) is 2. The van der Waals surface area contributed by atoms with Gasteiger partial charge in [-0.1, -0.05) is 26.2 Å². The van der Waals surface area contributed by atoms with Crippen LogP contribution in [0.15, 0.2) is 0 Å². The van der Waals surface area contributed by atoms with Gasteiger partial charge >= 0.3 is 5.97 Å². The molecule has 1 aliphatic carbocycles. The molecular weight excluding hydrogens is 206 g/mol. The van der Waals surface area contributed by atoms with Gasteiger partial charge in [0.2, 0.25) is 5.91 Å². The van der Waals surface area contributed by atoms with Crippen LogP contribution in [-0.4, -0.2) is 23.5 Å². The molecule has 2 N–H and O–H groups in total. The zero-order valence-corrected chi connectivity index (χ0v) is 9.87. The molecule has 1 amide bonds. The normalized spacial score (nSPS) is 24.3. The van der Waals surface area contributed by atoms with Crippen molar-refractivity contribution in [3.63, 3.8) is 0 Å². The fourth-order valence-electron chi connectivity index (χ4n) is 2.29. The van der Waals surface area contributed by atoms with Gasteiger partial charge in [-0.2, -0.15) is 0 Å². The molecule has 1 saturated carbocycles. The minimum Gasteiger partial charge on any atom is -0.481 e. The van der Waals surface area contributed by atoms with Crippen LogP contribution >= 0.6 is 0 Å². The van der Waals surface area contributed by atoms with Crippen LogP contribution < -0.4 is 5.32 Å². The van der Waals surface area contributed by atoms with Crippen LogP contribution in [0.4, 0.5) is 0 Å². The third-order valence-corrected chi connectivity index (χ3v) is 3.25. The second-order valence-corrected chi connectivity index (χ2v) is 4.48. The van der Waals surface area contributed by atoms with Crippen LogP contribution in [0.3, 0.4) is 0 Å². The van der Waals surface area contributed by atoms with E-state index in [9.17, 15) is 9.59 Å². The zero-order valence-electron chi connectivity index (χ0n) is 9.87. The van der Waals surface area contributed by atoms with Crippen molar-refractivity contribution in [2.24, 2.45) is 11.8 Å². The summed E-state index contributed by atoms with van der Waals surface area (Å²) in [6, 6.07) is 0. The molecule has 0 aliphatic heterocycles. The maximum atomic E-state index is 11.7. The van der Waals surface area contributed by atoms with Crippen molar-refractivity contribution >= 4 is 11.9 Å². The van der Waals surface area contributed by atoms with Crippen LogP contribution in [0.25, 0.3) is 0 Å². The van der Waals surface area contributed by atoms with E-state index in [4.69, 9.17) is 5.11 Å². The van der Waals surface area contributed by atoms with E-state index in [2.05, 4.69) is 12.2 Å². The molecule has 0 bridgehead atoms. The van der Waals surface area contributed by atoms with Gasteiger partial charge in [0, 0.05) is 6.54 Å². The van der Waals surface area contributed by atoms with Crippen molar-refractivity contribution in [1.29, 1.82) is 0 Å². The Morgan fingerprint density at radius 3 is 2.56 bits per heavy atom. The maximum absolute atomic E-state index is 11.7. The number of carbonyl (C=O) groups excluding carboxylic acids is 1. The largest absolute Gasteiger partial charge is 0.481 e. The van der Waals surface area contributed by atoms with E-state index in [1.807, 2.05) is 0 Å². The molecule has 92 valence electrons. The van der Waals surface area contributed by atoms with E-state index in [0.717, 1.165) is 32.1 Å². The molecule has 0 heterocycles. The van der Waals surface area contributed by atoms with Crippen molar-refractivity contribution < 1.29 is 14.7 Å². The standard InChI is InChI=1S/C12H21NO3/c1-2-3-4-8-13-11(14)9-6-5-7-10(9)12(15)16/h9-10H,2-8H2,1H3,(H,13,14)(H,15,16). The molecule has 4 nitrogen and oxygen atoms in total. The lowest BCUT2D eigenvalue weighted by molar-refractivity contribution is -0.146. The molecule has 4 heteroatoms. The Kier molecular flexibility index (Phi) is 5.29. The molecule has 1 fully saturated rings. The van der Waals surface area contributed by atoms with E-state index in [-0.39, 0.29) is 11.8 Å². The number of hydrogen-bond acceptors (Lipinski definition) is 2. The molecule has 0 saturated heterocycles. The van der Waals surface area contributed by atoms with Crippen LogP contribution in [0.5, 0.6) is 0 Å². The van der Waals surface area contributed by atoms with Crippen LogP contribution in [0.2, 0.25) is 0 Å². The smallest absolute Gasteiger partial charge is 0.307 e. The zero-order chi connectivity index (χ0) is 12.0. The van der Waals surface area contributed by atoms with Gasteiger partial charge in [0.1, 0.15) is 0 Å². The summed E-state index contributed by atoms with van der Waals surface area (Å²) in [5, 5.41) is 11.8. The molecule has 2 unspecified atom stereocenters. The molecule has 2 atom stereocenters. The van der Waals surface area contributed by atoms with Crippen molar-refractivity contribution in [3.05, 3.63) is 0 Å². The first-order valence-electron chi connectivity index (χ1n) is 6.17. The van der Waals surface area contributed by atoms with Gasteiger partial charge in [0.05, 0.1) is 11.8 Å². The van der Waals surface area contributed by atoms with Gasteiger partial charge in [-0.15, -0.1) is 0 Å². The fourth-order valence-corrected chi connectivity index (χ4v) is 2.29. The lowest BCUT2D eigenvalue weighted by Crippen LogP contribution is -2.35. The minimum atomic E-state index is -0.828. The maximum Gasteiger partial charge on any atom is 0.307 e. The van der Waals surface area contributed by atoms with Crippen molar-refractivity contribution in [1.82, 2.24) is 5.32 Å². The fraction of sp³-hybridized carbons (Fsp3) is 0.833. The Morgan fingerprint density at radius 2 is 1.94 bits per heavy atom. The molecule has 0 radical (unpaired) electrons. The van der Waals surface area contributed by atoms with Gasteiger partial charge in [-0.3, -0.25) is 9.59 Å². The quantitative estimate of drug-likeness (QED) is 0.680. The van der Waals surface area contributed by atoms with Gasteiger partial charge in [0.25, 0.3) is 0 Å². The topological polar surface area (TPSA) is 66.4 Å². The third-order valence-electron chi connectivity index (χ3n) is 3.25. The number of carboxylic acids is 1. The first-order chi connectivity index (χ1) is 7.66. The van der Waals surface area contributed by atoms with Gasteiger partial charge in [-0.05, 0) is 19.3 Å². The van der Waals surface area contributed by atoms with Crippen LogP contribution in [0.1, 0.15) is 45.4 Å². The van der Waals surface area contributed by atoms with Crippen LogP contribution in [-0.2, 0) is 9.59 Å². The van der Waals surface area contributed by atoms with E-state index in [0.29, 0.717) is 13.0 Å². The minimum absolute atomic E-state index is 0.0685. The van der Waals surface area contributed by atoms with E-state index in [1.54, 1.807) is 0 Å². The number of amides is 1. The number of aliphatic carboxylic acids is 1. The summed E-state index contributed by atoms with van der Waals surface area (Å²) in [6.45, 7) is 2.79. The summed E-state index contributed by atoms with van der Waals surface area (Å²) < 4.78 is 0. The average Bonchev–Trinajstić information content (AvgIpc) is 2.73. The number of carboxylic acid groups (broad SMARTS) is 1. The van der Waals surface area contributed by atoms with E-state index in [1.165, 1.54) is 0 Å². The van der Waals surface area contributed by atoms with E-state index < -0.39 is 11.9 Å². The monoisotopic (exact) mass is 227 g/mol. The highest BCUT2D eigenvalue weighted by molar-refractivity contribution is 5.85. The highest BCUT2D eigenvalue weighted by Crippen LogP contribution is 2.31. The first-order valence-corrected chi connectivity index (χ1v) is 6.17. The summed E-state index contributed by atoms with van der Waals surface area (Å²) >= 11 is 0.